The molecule has 0 amide bonds. The van der Waals surface area contributed by atoms with Crippen LogP contribution in [0.1, 0.15) is 15.9 Å². The zero-order valence-corrected chi connectivity index (χ0v) is 13.9. The minimum Gasteiger partial charge on any atom is -0.478 e. The molecule has 0 unspecified atom stereocenters. The molecule has 0 aromatic heterocycles. The third-order valence-electron chi connectivity index (χ3n) is 2.95. The van der Waals surface area contributed by atoms with Crippen LogP contribution in [0.3, 0.4) is 0 Å². The standard InChI is InChI=1S/C10H13NO2.C6H15NO3/c1-11(2)7-8-3-5-9(6-4-8)10(12)13;8-4-1-7(2-5-9)3-6-10/h3-6H,7H2,1-2H3,(H,12,13);8-10H,1-6H2. The Morgan fingerprint density at radius 3 is 1.65 bits per heavy atom. The monoisotopic (exact) mass is 328 g/mol. The summed E-state index contributed by atoms with van der Waals surface area (Å²) in [5.74, 6) is -0.878. The Labute approximate surface area is 137 Å². The maximum absolute atomic E-state index is 10.5. The molecule has 0 saturated carbocycles. The zero-order chi connectivity index (χ0) is 17.7. The molecule has 1 aromatic carbocycles. The first-order chi connectivity index (χ1) is 10.9. The Morgan fingerprint density at radius 2 is 1.35 bits per heavy atom. The van der Waals surface area contributed by atoms with Gasteiger partial charge in [0.2, 0.25) is 0 Å². The highest BCUT2D eigenvalue weighted by molar-refractivity contribution is 5.87. The Balaban J connectivity index is 0.000000438. The van der Waals surface area contributed by atoms with E-state index >= 15 is 0 Å². The smallest absolute Gasteiger partial charge is 0.335 e. The largest absolute Gasteiger partial charge is 0.478 e. The summed E-state index contributed by atoms with van der Waals surface area (Å²) in [6, 6.07) is 6.93. The van der Waals surface area contributed by atoms with E-state index in [4.69, 9.17) is 20.4 Å². The summed E-state index contributed by atoms with van der Waals surface area (Å²) in [4.78, 5) is 14.4. The summed E-state index contributed by atoms with van der Waals surface area (Å²) in [5, 5.41) is 34.1. The molecule has 0 saturated heterocycles. The molecule has 132 valence electrons. The minimum absolute atomic E-state index is 0.0694. The number of hydrogen-bond acceptors (Lipinski definition) is 6. The molecule has 7 nitrogen and oxygen atoms in total. The molecule has 0 radical (unpaired) electrons. The Kier molecular flexibility index (Phi) is 12.1. The fourth-order valence-electron chi connectivity index (χ4n) is 1.88. The second-order valence-corrected chi connectivity index (χ2v) is 5.25. The third kappa shape index (κ3) is 10.8. The van der Waals surface area contributed by atoms with Gasteiger partial charge in [-0.15, -0.1) is 0 Å². The lowest BCUT2D eigenvalue weighted by Crippen LogP contribution is -2.32. The number of aromatic carboxylic acids is 1. The van der Waals surface area contributed by atoms with Crippen LogP contribution in [-0.2, 0) is 6.54 Å². The van der Waals surface area contributed by atoms with Crippen molar-refractivity contribution in [2.24, 2.45) is 0 Å². The third-order valence-corrected chi connectivity index (χ3v) is 2.95. The average molecular weight is 328 g/mol. The van der Waals surface area contributed by atoms with Gasteiger partial charge < -0.3 is 25.3 Å². The number of carboxylic acids is 1. The van der Waals surface area contributed by atoms with Gasteiger partial charge in [0.05, 0.1) is 25.4 Å². The van der Waals surface area contributed by atoms with Crippen LogP contribution < -0.4 is 0 Å². The van der Waals surface area contributed by atoms with Gasteiger partial charge in [0.15, 0.2) is 0 Å². The van der Waals surface area contributed by atoms with Crippen molar-refractivity contribution >= 4 is 5.97 Å². The van der Waals surface area contributed by atoms with Gasteiger partial charge in [0.25, 0.3) is 0 Å². The molecule has 1 aromatic rings. The topological polar surface area (TPSA) is 104 Å². The first-order valence-electron chi connectivity index (χ1n) is 7.46. The minimum atomic E-state index is -0.878. The Morgan fingerprint density at radius 1 is 0.913 bits per heavy atom. The highest BCUT2D eigenvalue weighted by atomic mass is 16.4. The lowest BCUT2D eigenvalue weighted by atomic mass is 10.1. The van der Waals surface area contributed by atoms with Crippen molar-refractivity contribution in [3.05, 3.63) is 35.4 Å². The second-order valence-electron chi connectivity index (χ2n) is 5.25. The second kappa shape index (κ2) is 13.0. The zero-order valence-electron chi connectivity index (χ0n) is 13.9. The summed E-state index contributed by atoms with van der Waals surface area (Å²) in [7, 11) is 3.95. The lowest BCUT2D eigenvalue weighted by molar-refractivity contribution is 0.0697. The SMILES string of the molecule is CN(C)Cc1ccc(C(=O)O)cc1.OCCN(CCO)CCO. The van der Waals surface area contributed by atoms with E-state index in [1.54, 1.807) is 17.0 Å². The molecule has 0 atom stereocenters. The predicted molar refractivity (Wildman–Crippen MR) is 88.5 cm³/mol. The molecule has 0 aliphatic rings. The maximum Gasteiger partial charge on any atom is 0.335 e. The van der Waals surface area contributed by atoms with Crippen LogP contribution in [0.4, 0.5) is 0 Å². The van der Waals surface area contributed by atoms with Crippen LogP contribution in [0, 0.1) is 0 Å². The van der Waals surface area contributed by atoms with E-state index in [9.17, 15) is 4.79 Å². The van der Waals surface area contributed by atoms with Gasteiger partial charge in [-0.2, -0.15) is 0 Å². The van der Waals surface area contributed by atoms with E-state index in [0.717, 1.165) is 12.1 Å². The fourth-order valence-corrected chi connectivity index (χ4v) is 1.88. The van der Waals surface area contributed by atoms with Crippen LogP contribution in [0.5, 0.6) is 0 Å². The van der Waals surface area contributed by atoms with Gasteiger partial charge >= 0.3 is 5.97 Å². The summed E-state index contributed by atoms with van der Waals surface area (Å²) >= 11 is 0. The number of rotatable bonds is 9. The first-order valence-corrected chi connectivity index (χ1v) is 7.46. The van der Waals surface area contributed by atoms with Crippen LogP contribution >= 0.6 is 0 Å². The van der Waals surface area contributed by atoms with E-state index < -0.39 is 5.97 Å². The van der Waals surface area contributed by atoms with E-state index in [2.05, 4.69) is 0 Å². The van der Waals surface area contributed by atoms with Crippen LogP contribution in [0.15, 0.2) is 24.3 Å². The number of benzene rings is 1. The summed E-state index contributed by atoms with van der Waals surface area (Å²) in [6.07, 6.45) is 0. The molecular formula is C16H28N2O5. The molecule has 0 fully saturated rings. The van der Waals surface area contributed by atoms with E-state index in [1.165, 1.54) is 0 Å². The van der Waals surface area contributed by atoms with Crippen molar-refractivity contribution in [1.29, 1.82) is 0 Å². The van der Waals surface area contributed by atoms with Gasteiger partial charge in [-0.25, -0.2) is 4.79 Å². The van der Waals surface area contributed by atoms with E-state index in [1.807, 2.05) is 31.1 Å². The number of aliphatic hydroxyl groups is 3. The molecule has 0 bridgehead atoms. The molecule has 7 heteroatoms. The van der Waals surface area contributed by atoms with Crippen molar-refractivity contribution in [2.75, 3.05) is 53.6 Å². The Hall–Kier alpha value is -1.51. The number of nitrogens with zero attached hydrogens (tertiary/aromatic N) is 2. The highest BCUT2D eigenvalue weighted by Crippen LogP contribution is 2.05. The summed E-state index contributed by atoms with van der Waals surface area (Å²) in [6.45, 7) is 2.59. The molecule has 0 aliphatic heterocycles. The van der Waals surface area contributed by atoms with Gasteiger partial charge in [-0.3, -0.25) is 4.90 Å². The molecule has 0 aliphatic carbocycles. The summed E-state index contributed by atoms with van der Waals surface area (Å²) < 4.78 is 0. The molecule has 0 spiro atoms. The van der Waals surface area contributed by atoms with Crippen molar-refractivity contribution in [1.82, 2.24) is 9.80 Å². The van der Waals surface area contributed by atoms with Gasteiger partial charge in [-0.1, -0.05) is 12.1 Å². The molecule has 23 heavy (non-hydrogen) atoms. The van der Waals surface area contributed by atoms with Gasteiger partial charge in [0, 0.05) is 26.2 Å². The van der Waals surface area contributed by atoms with Crippen molar-refractivity contribution in [3.63, 3.8) is 0 Å². The molecular weight excluding hydrogens is 300 g/mol. The molecule has 4 N–H and O–H groups in total. The van der Waals surface area contributed by atoms with Crippen LogP contribution in [0.25, 0.3) is 0 Å². The van der Waals surface area contributed by atoms with Crippen molar-refractivity contribution < 1.29 is 25.2 Å². The van der Waals surface area contributed by atoms with Gasteiger partial charge in [0.1, 0.15) is 0 Å². The van der Waals surface area contributed by atoms with Crippen LogP contribution in [0.2, 0.25) is 0 Å². The molecule has 0 heterocycles. The predicted octanol–water partition coefficient (Wildman–Crippen LogP) is -0.288. The normalized spacial score (nSPS) is 10.6. The van der Waals surface area contributed by atoms with Crippen molar-refractivity contribution in [3.8, 4) is 0 Å². The van der Waals surface area contributed by atoms with Crippen molar-refractivity contribution in [2.45, 2.75) is 6.54 Å². The first kappa shape index (κ1) is 21.5. The van der Waals surface area contributed by atoms with E-state index in [-0.39, 0.29) is 19.8 Å². The van der Waals surface area contributed by atoms with E-state index in [0.29, 0.717) is 25.2 Å². The number of hydrogen-bond donors (Lipinski definition) is 4. The Bertz CT molecular complexity index is 409. The van der Waals surface area contributed by atoms with Gasteiger partial charge in [-0.05, 0) is 31.8 Å². The summed E-state index contributed by atoms with van der Waals surface area (Å²) in [5.41, 5.74) is 1.46. The number of carbonyl (C=O) groups is 1. The number of carboxylic acid groups (broad SMARTS) is 1. The van der Waals surface area contributed by atoms with Crippen LogP contribution in [-0.4, -0.2) is 89.7 Å². The molecule has 1 rings (SSSR count). The average Bonchev–Trinajstić information content (AvgIpc) is 2.48. The fraction of sp³-hybridized carbons (Fsp3) is 0.562. The lowest BCUT2D eigenvalue weighted by Gasteiger charge is -2.17. The highest BCUT2D eigenvalue weighted by Gasteiger charge is 2.01. The number of aliphatic hydroxyl groups excluding tert-OH is 3. The maximum atomic E-state index is 10.5. The quantitative estimate of drug-likeness (QED) is 0.494.